The van der Waals surface area contributed by atoms with Gasteiger partial charge in [0.15, 0.2) is 17.7 Å². The predicted molar refractivity (Wildman–Crippen MR) is 108 cm³/mol. The number of ether oxygens (including phenoxy) is 2. The molecule has 2 aromatic carbocycles. The first-order valence-corrected chi connectivity index (χ1v) is 8.82. The molecule has 0 saturated carbocycles. The highest BCUT2D eigenvalue weighted by Gasteiger charge is 2.29. The molecule has 0 heterocycles. The van der Waals surface area contributed by atoms with Crippen molar-refractivity contribution >= 4 is 24.1 Å². The molecule has 2 rings (SSSR count). The lowest BCUT2D eigenvalue weighted by molar-refractivity contribution is -0.133. The first-order valence-electron chi connectivity index (χ1n) is 8.82. The molecule has 1 atom stereocenters. The number of halogens is 3. The van der Waals surface area contributed by atoms with Crippen LogP contribution >= 0.6 is 12.4 Å². The van der Waals surface area contributed by atoms with Gasteiger partial charge < -0.3 is 20.5 Å². The molecule has 0 aliphatic rings. The van der Waals surface area contributed by atoms with Crippen LogP contribution in [0.1, 0.15) is 36.6 Å². The number of nitrogen functional groups attached to an aromatic ring is 1. The molecule has 1 amide bonds. The molecule has 0 aliphatic carbocycles. The Morgan fingerprint density at radius 2 is 1.79 bits per heavy atom. The first-order chi connectivity index (χ1) is 13.4. The van der Waals surface area contributed by atoms with Crippen LogP contribution in [0, 0.1) is 17.0 Å². The van der Waals surface area contributed by atoms with Crippen molar-refractivity contribution in [3.63, 3.8) is 0 Å². The van der Waals surface area contributed by atoms with Crippen molar-refractivity contribution < 1.29 is 23.0 Å². The molecule has 158 valence electrons. The van der Waals surface area contributed by atoms with Gasteiger partial charge in [-0.25, -0.2) is 8.78 Å². The van der Waals surface area contributed by atoms with Gasteiger partial charge in [0.1, 0.15) is 11.7 Å². The van der Waals surface area contributed by atoms with Crippen molar-refractivity contribution in [1.29, 1.82) is 5.41 Å². The van der Waals surface area contributed by atoms with Crippen LogP contribution in [0.15, 0.2) is 36.4 Å². The van der Waals surface area contributed by atoms with Crippen LogP contribution in [-0.2, 0) is 16.1 Å². The molecule has 29 heavy (non-hydrogen) atoms. The summed E-state index contributed by atoms with van der Waals surface area (Å²) in [4.78, 5) is 12.6. The summed E-state index contributed by atoms with van der Waals surface area (Å²) in [6.45, 7) is 3.71. The standard InChI is InChI=1S/C20H23F2N3O3.ClH/c1-3-27-15-10-9-14(21)16(17(15)22)18(28-4-2)20(26)25-11-12-5-7-13(8-6-12)19(23)24;/h5-10,18H,3-4,11H2,1-2H3,(H3,23,24)(H,25,26);1H. The van der Waals surface area contributed by atoms with Crippen molar-refractivity contribution in [2.24, 2.45) is 5.73 Å². The van der Waals surface area contributed by atoms with Crippen molar-refractivity contribution in [2.45, 2.75) is 26.5 Å². The van der Waals surface area contributed by atoms with Crippen LogP contribution in [0.4, 0.5) is 8.78 Å². The normalized spacial score (nSPS) is 11.3. The second-order valence-corrected chi connectivity index (χ2v) is 5.87. The number of amidine groups is 1. The van der Waals surface area contributed by atoms with Crippen LogP contribution < -0.4 is 15.8 Å². The molecule has 0 aliphatic heterocycles. The van der Waals surface area contributed by atoms with Crippen LogP contribution in [0.3, 0.4) is 0 Å². The first kappa shape index (κ1) is 24.3. The van der Waals surface area contributed by atoms with Crippen molar-refractivity contribution in [1.82, 2.24) is 5.32 Å². The Bertz CT molecular complexity index is 848. The van der Waals surface area contributed by atoms with Gasteiger partial charge in [-0.2, -0.15) is 0 Å². The highest BCUT2D eigenvalue weighted by atomic mass is 35.5. The van der Waals surface area contributed by atoms with E-state index in [1.807, 2.05) is 0 Å². The molecule has 9 heteroatoms. The minimum absolute atomic E-state index is 0. The van der Waals surface area contributed by atoms with Crippen LogP contribution in [0.2, 0.25) is 0 Å². The second-order valence-electron chi connectivity index (χ2n) is 5.87. The van der Waals surface area contributed by atoms with E-state index in [1.165, 1.54) is 6.07 Å². The third-order valence-electron chi connectivity index (χ3n) is 3.96. The van der Waals surface area contributed by atoms with Crippen molar-refractivity contribution in [2.75, 3.05) is 13.2 Å². The molecular weight excluding hydrogens is 404 g/mol. The van der Waals surface area contributed by atoms with E-state index in [2.05, 4.69) is 5.32 Å². The zero-order valence-electron chi connectivity index (χ0n) is 16.1. The molecule has 0 spiro atoms. The molecule has 0 bridgehead atoms. The number of nitrogens with two attached hydrogens (primary N) is 1. The van der Waals surface area contributed by atoms with Gasteiger partial charge in [-0.15, -0.1) is 12.4 Å². The van der Waals surface area contributed by atoms with E-state index in [1.54, 1.807) is 38.1 Å². The van der Waals surface area contributed by atoms with E-state index in [-0.39, 0.29) is 43.8 Å². The van der Waals surface area contributed by atoms with E-state index in [4.69, 9.17) is 20.6 Å². The third kappa shape index (κ3) is 6.13. The van der Waals surface area contributed by atoms with Gasteiger partial charge in [0.2, 0.25) is 0 Å². The summed E-state index contributed by atoms with van der Waals surface area (Å²) >= 11 is 0. The highest BCUT2D eigenvalue weighted by molar-refractivity contribution is 5.94. The fourth-order valence-corrected chi connectivity index (χ4v) is 2.60. The maximum absolute atomic E-state index is 14.7. The number of rotatable bonds is 9. The summed E-state index contributed by atoms with van der Waals surface area (Å²) in [6.07, 6.45) is -1.46. The maximum atomic E-state index is 14.7. The van der Waals surface area contributed by atoms with Gasteiger partial charge in [0, 0.05) is 18.7 Å². The Balaban J connectivity index is 0.00000420. The lowest BCUT2D eigenvalue weighted by Gasteiger charge is -2.19. The average Bonchev–Trinajstić information content (AvgIpc) is 2.68. The number of amides is 1. The van der Waals surface area contributed by atoms with Crippen LogP contribution in [0.5, 0.6) is 5.75 Å². The lowest BCUT2D eigenvalue weighted by Crippen LogP contribution is -2.31. The maximum Gasteiger partial charge on any atom is 0.254 e. The Labute approximate surface area is 174 Å². The lowest BCUT2D eigenvalue weighted by atomic mass is 10.1. The Hall–Kier alpha value is -2.71. The molecule has 0 fully saturated rings. The minimum atomic E-state index is -1.46. The number of hydrogen-bond donors (Lipinski definition) is 3. The number of benzene rings is 2. The van der Waals surface area contributed by atoms with Gasteiger partial charge >= 0.3 is 0 Å². The monoisotopic (exact) mass is 427 g/mol. The van der Waals surface area contributed by atoms with E-state index < -0.39 is 29.2 Å². The third-order valence-corrected chi connectivity index (χ3v) is 3.96. The van der Waals surface area contributed by atoms with E-state index in [0.29, 0.717) is 5.56 Å². The number of carbonyl (C=O) groups is 1. The SMILES string of the molecule is CCOc1ccc(F)c(C(OCC)C(=O)NCc2ccc(C(=N)N)cc2)c1F.Cl. The average molecular weight is 428 g/mol. The van der Waals surface area contributed by atoms with Gasteiger partial charge in [-0.05, 0) is 31.5 Å². The molecule has 1 unspecified atom stereocenters. The summed E-state index contributed by atoms with van der Waals surface area (Å²) in [5.74, 6) is -2.73. The summed E-state index contributed by atoms with van der Waals surface area (Å²) < 4.78 is 39.5. The number of hydrogen-bond acceptors (Lipinski definition) is 4. The number of nitrogens with one attached hydrogen (secondary N) is 2. The van der Waals surface area contributed by atoms with Crippen molar-refractivity contribution in [3.8, 4) is 5.75 Å². The quantitative estimate of drug-likeness (QED) is 0.421. The summed E-state index contributed by atoms with van der Waals surface area (Å²) in [5, 5.41) is 9.99. The molecule has 2 aromatic rings. The molecule has 0 radical (unpaired) electrons. The van der Waals surface area contributed by atoms with E-state index >= 15 is 0 Å². The van der Waals surface area contributed by atoms with Gasteiger partial charge in [0.05, 0.1) is 12.2 Å². The zero-order valence-corrected chi connectivity index (χ0v) is 16.9. The largest absolute Gasteiger partial charge is 0.491 e. The van der Waals surface area contributed by atoms with E-state index in [0.717, 1.165) is 11.6 Å². The van der Waals surface area contributed by atoms with Gasteiger partial charge in [0.25, 0.3) is 5.91 Å². The Kier molecular flexibility index (Phi) is 9.50. The highest BCUT2D eigenvalue weighted by Crippen LogP contribution is 2.30. The summed E-state index contributed by atoms with van der Waals surface area (Å²) in [6, 6.07) is 8.91. The Morgan fingerprint density at radius 3 is 2.34 bits per heavy atom. The topological polar surface area (TPSA) is 97.4 Å². The van der Waals surface area contributed by atoms with E-state index in [9.17, 15) is 13.6 Å². The molecular formula is C20H24ClF2N3O3. The zero-order chi connectivity index (χ0) is 20.7. The predicted octanol–water partition coefficient (Wildman–Crippen LogP) is 3.46. The van der Waals surface area contributed by atoms with Gasteiger partial charge in [-0.1, -0.05) is 24.3 Å². The molecule has 4 N–H and O–H groups in total. The second kappa shape index (κ2) is 11.3. The van der Waals surface area contributed by atoms with Crippen LogP contribution in [0.25, 0.3) is 0 Å². The number of carbonyl (C=O) groups excluding carboxylic acids is 1. The summed E-state index contributed by atoms with van der Waals surface area (Å²) in [5.41, 5.74) is 6.20. The van der Waals surface area contributed by atoms with Crippen LogP contribution in [-0.4, -0.2) is 25.0 Å². The smallest absolute Gasteiger partial charge is 0.254 e. The minimum Gasteiger partial charge on any atom is -0.491 e. The van der Waals surface area contributed by atoms with Gasteiger partial charge in [-0.3, -0.25) is 10.2 Å². The molecule has 0 saturated heterocycles. The fourth-order valence-electron chi connectivity index (χ4n) is 2.60. The molecule has 0 aromatic heterocycles. The fraction of sp³-hybridized carbons (Fsp3) is 0.300. The Morgan fingerprint density at radius 1 is 1.14 bits per heavy atom. The summed E-state index contributed by atoms with van der Waals surface area (Å²) in [7, 11) is 0. The van der Waals surface area contributed by atoms with Crippen molar-refractivity contribution in [3.05, 3.63) is 64.7 Å². The molecule has 6 nitrogen and oxygen atoms in total.